The topological polar surface area (TPSA) is 61.4 Å². The van der Waals surface area contributed by atoms with Crippen molar-refractivity contribution in [1.82, 2.24) is 14.9 Å². The van der Waals surface area contributed by atoms with Gasteiger partial charge in [-0.1, -0.05) is 12.1 Å². The maximum absolute atomic E-state index is 12.7. The van der Waals surface area contributed by atoms with E-state index in [-0.39, 0.29) is 5.91 Å². The fraction of sp³-hybridized carbons (Fsp3) is 0.227. The van der Waals surface area contributed by atoms with Crippen LogP contribution in [0.1, 0.15) is 9.67 Å². The second-order valence-electron chi connectivity index (χ2n) is 7.30. The Kier molecular flexibility index (Phi) is 5.20. The van der Waals surface area contributed by atoms with Crippen molar-refractivity contribution in [3.63, 3.8) is 0 Å². The zero-order valence-corrected chi connectivity index (χ0v) is 18.2. The summed E-state index contributed by atoms with van der Waals surface area (Å²) in [5, 5.41) is 3.84. The van der Waals surface area contributed by atoms with Gasteiger partial charge in [0, 0.05) is 26.2 Å². The Labute approximate surface area is 182 Å². The maximum atomic E-state index is 12.7. The Bertz CT molecular complexity index is 1140. The lowest BCUT2D eigenvalue weighted by atomic mass is 10.3. The summed E-state index contributed by atoms with van der Waals surface area (Å²) in [5.74, 6) is 0.417. The number of amides is 1. The number of fused-ring (bicyclic) bond motifs is 1. The monoisotopic (exact) mass is 435 g/mol. The molecular weight excluding hydrogens is 414 g/mol. The van der Waals surface area contributed by atoms with Crippen molar-refractivity contribution in [3.05, 3.63) is 59.6 Å². The second-order valence-corrected chi connectivity index (χ2v) is 9.41. The number of thiazole rings is 1. The fourth-order valence-electron chi connectivity index (χ4n) is 3.44. The van der Waals surface area contributed by atoms with Gasteiger partial charge in [-0.2, -0.15) is 0 Å². The molecule has 0 aliphatic carbocycles. The van der Waals surface area contributed by atoms with E-state index in [4.69, 9.17) is 0 Å². The average Bonchev–Trinajstić information content (AvgIpc) is 3.42. The predicted molar refractivity (Wildman–Crippen MR) is 125 cm³/mol. The Morgan fingerprint density at radius 2 is 1.83 bits per heavy atom. The molecule has 5 rings (SSSR count). The van der Waals surface area contributed by atoms with Gasteiger partial charge in [0.2, 0.25) is 0 Å². The number of aromatic nitrogens is 2. The first-order valence-corrected chi connectivity index (χ1v) is 11.5. The zero-order valence-electron chi connectivity index (χ0n) is 16.5. The predicted octanol–water partition coefficient (Wildman–Crippen LogP) is 4.42. The van der Waals surface area contributed by atoms with E-state index in [2.05, 4.69) is 38.2 Å². The third-order valence-electron chi connectivity index (χ3n) is 5.19. The van der Waals surface area contributed by atoms with Gasteiger partial charge < -0.3 is 15.1 Å². The molecule has 152 valence electrons. The number of thiophene rings is 1. The smallest absolute Gasteiger partial charge is 0.266 e. The lowest BCUT2D eigenvalue weighted by Crippen LogP contribution is -2.44. The van der Waals surface area contributed by atoms with Crippen LogP contribution < -0.4 is 10.2 Å². The van der Waals surface area contributed by atoms with Crippen LogP contribution in [0.15, 0.2) is 54.7 Å². The molecule has 4 heterocycles. The highest BCUT2D eigenvalue weighted by Crippen LogP contribution is 2.34. The molecule has 1 aromatic carbocycles. The highest BCUT2D eigenvalue weighted by Gasteiger charge is 2.16. The molecule has 1 N–H and O–H groups in total. The Morgan fingerprint density at radius 3 is 2.60 bits per heavy atom. The van der Waals surface area contributed by atoms with Crippen molar-refractivity contribution in [2.24, 2.45) is 0 Å². The van der Waals surface area contributed by atoms with Crippen LogP contribution in [-0.2, 0) is 0 Å². The van der Waals surface area contributed by atoms with Crippen LogP contribution in [0.5, 0.6) is 0 Å². The average molecular weight is 436 g/mol. The molecule has 1 aliphatic rings. The van der Waals surface area contributed by atoms with Crippen molar-refractivity contribution < 1.29 is 4.79 Å². The lowest BCUT2D eigenvalue weighted by Gasteiger charge is -2.33. The van der Waals surface area contributed by atoms with E-state index >= 15 is 0 Å². The number of nitrogens with one attached hydrogen (secondary N) is 1. The van der Waals surface area contributed by atoms with E-state index in [9.17, 15) is 4.79 Å². The molecule has 0 radical (unpaired) electrons. The number of carbonyl (C=O) groups is 1. The van der Waals surface area contributed by atoms with E-state index in [0.717, 1.165) is 52.0 Å². The number of pyridine rings is 1. The number of nitrogens with zero attached hydrogens (tertiary/aromatic N) is 4. The SMILES string of the molecule is CN1CCN(c2ccc(NC(=O)c3ccc(-c4nc5ccccc5s4)s3)nc2)CC1. The van der Waals surface area contributed by atoms with Crippen LogP contribution in [0.25, 0.3) is 20.1 Å². The van der Waals surface area contributed by atoms with Crippen LogP contribution >= 0.6 is 22.7 Å². The Balaban J connectivity index is 1.26. The van der Waals surface area contributed by atoms with E-state index in [1.54, 1.807) is 11.3 Å². The quantitative estimate of drug-likeness (QED) is 0.514. The molecule has 0 bridgehead atoms. The molecule has 3 aromatic heterocycles. The molecule has 0 spiro atoms. The van der Waals surface area contributed by atoms with Crippen molar-refractivity contribution in [3.8, 4) is 9.88 Å². The summed E-state index contributed by atoms with van der Waals surface area (Å²) in [5.41, 5.74) is 2.08. The molecule has 4 aromatic rings. The van der Waals surface area contributed by atoms with E-state index < -0.39 is 0 Å². The van der Waals surface area contributed by atoms with Gasteiger partial charge in [0.15, 0.2) is 0 Å². The first-order valence-electron chi connectivity index (χ1n) is 9.82. The van der Waals surface area contributed by atoms with E-state index in [1.165, 1.54) is 11.3 Å². The van der Waals surface area contributed by atoms with Crippen LogP contribution in [0.2, 0.25) is 0 Å². The molecule has 8 heteroatoms. The summed E-state index contributed by atoms with van der Waals surface area (Å²) in [6.45, 7) is 4.09. The first kappa shape index (κ1) is 19.2. The van der Waals surface area contributed by atoms with Crippen molar-refractivity contribution in [2.45, 2.75) is 0 Å². The lowest BCUT2D eigenvalue weighted by molar-refractivity contribution is 0.103. The third kappa shape index (κ3) is 3.94. The van der Waals surface area contributed by atoms with Gasteiger partial charge in [-0.25, -0.2) is 9.97 Å². The van der Waals surface area contributed by atoms with Crippen molar-refractivity contribution >= 4 is 50.3 Å². The van der Waals surface area contributed by atoms with Gasteiger partial charge >= 0.3 is 0 Å². The Morgan fingerprint density at radius 1 is 1.00 bits per heavy atom. The van der Waals surface area contributed by atoms with Gasteiger partial charge in [-0.3, -0.25) is 4.79 Å². The molecule has 6 nitrogen and oxygen atoms in total. The normalized spacial score (nSPS) is 14.9. The summed E-state index contributed by atoms with van der Waals surface area (Å²) >= 11 is 3.09. The summed E-state index contributed by atoms with van der Waals surface area (Å²) in [4.78, 5) is 28.1. The molecule has 1 aliphatic heterocycles. The first-order chi connectivity index (χ1) is 14.7. The number of anilines is 2. The summed E-state index contributed by atoms with van der Waals surface area (Å²) in [6, 6.07) is 15.8. The molecule has 30 heavy (non-hydrogen) atoms. The number of para-hydroxylation sites is 1. The van der Waals surface area contributed by atoms with E-state index in [1.807, 2.05) is 48.7 Å². The number of likely N-dealkylation sites (N-methyl/N-ethyl adjacent to an activating group) is 1. The second kappa shape index (κ2) is 8.14. The van der Waals surface area contributed by atoms with Crippen LogP contribution in [0.4, 0.5) is 11.5 Å². The number of hydrogen-bond donors (Lipinski definition) is 1. The van der Waals surface area contributed by atoms with Gasteiger partial charge in [0.05, 0.1) is 31.9 Å². The molecule has 0 unspecified atom stereocenters. The van der Waals surface area contributed by atoms with Gasteiger partial charge in [0.25, 0.3) is 5.91 Å². The number of rotatable bonds is 4. The number of hydrogen-bond acceptors (Lipinski definition) is 7. The molecule has 0 saturated carbocycles. The summed E-state index contributed by atoms with van der Waals surface area (Å²) in [6.07, 6.45) is 1.84. The van der Waals surface area contributed by atoms with Gasteiger partial charge in [0.1, 0.15) is 10.8 Å². The minimum atomic E-state index is -0.146. The molecule has 1 fully saturated rings. The number of piperazine rings is 1. The molecule has 0 atom stereocenters. The highest BCUT2D eigenvalue weighted by atomic mass is 32.1. The maximum Gasteiger partial charge on any atom is 0.266 e. The minimum Gasteiger partial charge on any atom is -0.368 e. The Hall–Kier alpha value is -2.81. The standard InChI is InChI=1S/C22H21N5OS2/c1-26-10-12-27(13-11-26)15-6-9-20(23-14-15)25-21(28)18-7-8-19(29-18)22-24-16-4-2-3-5-17(16)30-22/h2-9,14H,10-13H2,1H3,(H,23,25,28). The molecule has 1 amide bonds. The third-order valence-corrected chi connectivity index (χ3v) is 7.48. The summed E-state index contributed by atoms with van der Waals surface area (Å²) < 4.78 is 1.15. The van der Waals surface area contributed by atoms with Crippen LogP contribution in [0, 0.1) is 0 Å². The van der Waals surface area contributed by atoms with Crippen molar-refractivity contribution in [1.29, 1.82) is 0 Å². The highest BCUT2D eigenvalue weighted by molar-refractivity contribution is 7.26. The van der Waals surface area contributed by atoms with E-state index in [0.29, 0.717) is 10.7 Å². The van der Waals surface area contributed by atoms with Crippen LogP contribution in [0.3, 0.4) is 0 Å². The fourth-order valence-corrected chi connectivity index (χ4v) is 5.36. The largest absolute Gasteiger partial charge is 0.368 e. The molecule has 1 saturated heterocycles. The van der Waals surface area contributed by atoms with Crippen LogP contribution in [-0.4, -0.2) is 54.0 Å². The number of benzene rings is 1. The summed E-state index contributed by atoms with van der Waals surface area (Å²) in [7, 11) is 2.14. The minimum absolute atomic E-state index is 0.146. The van der Waals surface area contributed by atoms with Gasteiger partial charge in [-0.05, 0) is 43.4 Å². The van der Waals surface area contributed by atoms with Gasteiger partial charge in [-0.15, -0.1) is 22.7 Å². The molecular formula is C22H21N5OS2. The van der Waals surface area contributed by atoms with Crippen molar-refractivity contribution in [2.75, 3.05) is 43.4 Å². The number of carbonyl (C=O) groups excluding carboxylic acids is 1. The zero-order chi connectivity index (χ0) is 20.5.